The molecule has 0 bridgehead atoms. The van der Waals surface area contributed by atoms with Crippen molar-refractivity contribution >= 4 is 57.1 Å². The maximum atomic E-state index is 12.0. The Kier molecular flexibility index (Phi) is 32.8. The van der Waals surface area contributed by atoms with E-state index in [1.165, 1.54) is 5.56 Å². The number of aryl methyl sites for hydroxylation is 1. The molecule has 0 aliphatic rings. The van der Waals surface area contributed by atoms with Crippen LogP contribution < -0.4 is 60.5 Å². The molecule has 0 fully saturated rings. The Bertz CT molecular complexity index is 4740. The SMILES string of the molecule is CCOC(=O)Cc1ccccc1OCc1cc(-c2cccc(CC)c2)c2oc(CNC)cc2c1.CCOC(=O)Cc1ccccc1OCc1cc(-c2cccc(CN)c2)c2oc(CNC)cc2c1.CNCc1cc2cc(COc3ccccc3CC(=O)O)cc(-c3cccc(CN)c3)c2o1.O=CC(F)(F)F.[Li+].[OH-]. The van der Waals surface area contributed by atoms with Crippen molar-refractivity contribution in [2.45, 2.75) is 105 Å². The fourth-order valence-corrected chi connectivity index (χ4v) is 11.9. The van der Waals surface area contributed by atoms with Crippen molar-refractivity contribution in [3.05, 3.63) is 268 Å². The second-order valence-corrected chi connectivity index (χ2v) is 24.7. The molecule has 9 aromatic carbocycles. The first kappa shape index (κ1) is 84.5. The number of hydrogen-bond donors (Lipinski definition) is 6. The number of hydrogen-bond acceptors (Lipinski definition) is 18. The molecule has 19 nitrogen and oxygen atoms in total. The number of nitrogens with one attached hydrogen (secondary N) is 3. The number of nitrogens with two attached hydrogens (primary N) is 2. The third-order valence-electron chi connectivity index (χ3n) is 16.7. The van der Waals surface area contributed by atoms with E-state index in [9.17, 15) is 27.6 Å². The fraction of sp³-hybridized carbons (Fsp3) is 0.247. The average molecular weight is 1470 g/mol. The third-order valence-corrected chi connectivity index (χ3v) is 16.7. The van der Waals surface area contributed by atoms with Crippen molar-refractivity contribution in [1.29, 1.82) is 0 Å². The number of alkyl halides is 3. The molecule has 9 N–H and O–H groups in total. The predicted molar refractivity (Wildman–Crippen MR) is 407 cm³/mol. The van der Waals surface area contributed by atoms with Gasteiger partial charge in [-0.25, -0.2) is 0 Å². The molecule has 0 aliphatic carbocycles. The van der Waals surface area contributed by atoms with Gasteiger partial charge in [0, 0.05) is 62.6 Å². The normalized spacial score (nSPS) is 10.8. The number of rotatable bonds is 29. The second kappa shape index (κ2) is 41.9. The smallest absolute Gasteiger partial charge is 0.870 e. The summed E-state index contributed by atoms with van der Waals surface area (Å²) in [6.07, 6.45) is -4.45. The van der Waals surface area contributed by atoms with E-state index in [-0.39, 0.29) is 55.5 Å². The first-order valence-electron chi connectivity index (χ1n) is 34.8. The van der Waals surface area contributed by atoms with Gasteiger partial charge in [0.25, 0.3) is 0 Å². The first-order chi connectivity index (χ1) is 51.3. The molecule has 560 valence electrons. The monoisotopic (exact) mass is 1470 g/mol. The number of esters is 2. The van der Waals surface area contributed by atoms with Crippen LogP contribution in [0.4, 0.5) is 13.2 Å². The number of carbonyl (C=O) groups is 4. The molecule has 3 heterocycles. The van der Waals surface area contributed by atoms with Crippen LogP contribution in [0.1, 0.15) is 88.1 Å². The van der Waals surface area contributed by atoms with E-state index in [0.29, 0.717) is 88.6 Å². The molecular weight excluding hydrogens is 1380 g/mol. The third kappa shape index (κ3) is 24.1. The molecule has 23 heteroatoms. The molecule has 3 aromatic heterocycles. The molecule has 0 saturated heterocycles. The van der Waals surface area contributed by atoms with Gasteiger partial charge in [-0.1, -0.05) is 122 Å². The molecule has 0 saturated carbocycles. The molecule has 108 heavy (non-hydrogen) atoms. The van der Waals surface area contributed by atoms with Crippen LogP contribution in [-0.2, 0) is 107 Å². The number of furan rings is 3. The fourth-order valence-electron chi connectivity index (χ4n) is 11.9. The molecule has 0 aliphatic heterocycles. The van der Waals surface area contributed by atoms with E-state index in [4.69, 9.17) is 58.3 Å². The summed E-state index contributed by atoms with van der Waals surface area (Å²) in [5.74, 6) is 3.13. The summed E-state index contributed by atoms with van der Waals surface area (Å²) >= 11 is 0. The Morgan fingerprint density at radius 3 is 1.06 bits per heavy atom. The van der Waals surface area contributed by atoms with E-state index in [2.05, 4.69) is 108 Å². The predicted octanol–water partition coefficient (Wildman–Crippen LogP) is 13.1. The maximum Gasteiger partial charge on any atom is 1.00 e. The van der Waals surface area contributed by atoms with E-state index in [1.54, 1.807) is 19.1 Å². The molecule has 12 rings (SSSR count). The van der Waals surface area contributed by atoms with E-state index >= 15 is 0 Å². The summed E-state index contributed by atoms with van der Waals surface area (Å²) in [4.78, 5) is 43.9. The minimum absolute atomic E-state index is 0. The van der Waals surface area contributed by atoms with Crippen LogP contribution in [0.5, 0.6) is 17.2 Å². The van der Waals surface area contributed by atoms with Gasteiger partial charge in [-0.2, -0.15) is 13.2 Å². The van der Waals surface area contributed by atoms with Gasteiger partial charge in [0.05, 0.1) is 52.1 Å². The number of halogens is 3. The summed E-state index contributed by atoms with van der Waals surface area (Å²) < 4.78 is 78.4. The summed E-state index contributed by atoms with van der Waals surface area (Å²) in [6, 6.07) is 66.0. The quantitative estimate of drug-likeness (QED) is 0.0144. The van der Waals surface area contributed by atoms with Crippen molar-refractivity contribution in [1.82, 2.24) is 16.0 Å². The van der Waals surface area contributed by atoms with Crippen LogP contribution in [0.25, 0.3) is 66.3 Å². The van der Waals surface area contributed by atoms with Crippen LogP contribution in [0.2, 0.25) is 0 Å². The van der Waals surface area contributed by atoms with Crippen molar-refractivity contribution in [3.8, 4) is 50.6 Å². The van der Waals surface area contributed by atoms with Gasteiger partial charge in [0.2, 0.25) is 6.29 Å². The Hall–Kier alpha value is -10.8. The van der Waals surface area contributed by atoms with Crippen LogP contribution in [0, 0.1) is 0 Å². The average Bonchev–Trinajstić information content (AvgIpc) is 1.60. The Labute approximate surface area is 637 Å². The molecule has 0 amide bonds. The van der Waals surface area contributed by atoms with Gasteiger partial charge >= 0.3 is 42.9 Å². The van der Waals surface area contributed by atoms with E-state index in [1.807, 2.05) is 131 Å². The number of aliphatic carboxylic acids is 1. The standard InChI is InChI=1S/C29H31NO4.C28H30N2O4.C26H26N2O4.C2HF3O.Li.H2O/c1-4-20-9-8-11-22(13-20)26-15-21(14-24-16-25(18-30-3)34-29(24)26)19-33-27-12-7-6-10-23(27)17-28(31)32-5-2;1-3-32-27(31)15-22-8-4-5-10-26(22)33-18-20-12-23-14-24(17-30-2)34-28(23)25(13-20)21-9-6-7-19(11-21)16-29;1-28-15-22-12-21-10-18(16-31-24-8-3-2-6-20(24)13-25(29)30)11-23(26(21)32-22)19-7-4-5-17(9-19)14-27;3-2(4,5)1-6;;/h6-16,30H,4-5,17-19H2,1-3H3;4-14,30H,3,15-18,29H2,1-2H3;2-12,28H,13-16,27H2,1H3,(H,29,30);1H;;1H2/q;;;;+1;/p-1. The molecule has 0 spiro atoms. The first-order valence-corrected chi connectivity index (χ1v) is 34.8. The number of ether oxygens (including phenoxy) is 5. The van der Waals surface area contributed by atoms with Crippen molar-refractivity contribution in [2.24, 2.45) is 11.5 Å². The molecular formula is C85H89F3LiN5O14. The molecule has 12 aromatic rings. The van der Waals surface area contributed by atoms with Gasteiger partial charge in [0.1, 0.15) is 71.1 Å². The zero-order valence-corrected chi connectivity index (χ0v) is 61.6. The van der Waals surface area contributed by atoms with Crippen molar-refractivity contribution in [2.75, 3.05) is 34.4 Å². The zero-order valence-electron chi connectivity index (χ0n) is 61.6. The number of aldehydes is 1. The van der Waals surface area contributed by atoms with Crippen LogP contribution in [0.3, 0.4) is 0 Å². The maximum absolute atomic E-state index is 12.0. The number of carbonyl (C=O) groups excluding carboxylic acids is 3. The number of carboxylic acids is 1. The van der Waals surface area contributed by atoms with Crippen LogP contribution in [0.15, 0.2) is 213 Å². The number of para-hydroxylation sites is 3. The van der Waals surface area contributed by atoms with E-state index < -0.39 is 18.4 Å². The van der Waals surface area contributed by atoms with Gasteiger partial charge in [0.15, 0.2) is 0 Å². The van der Waals surface area contributed by atoms with Crippen LogP contribution in [-0.4, -0.2) is 75.3 Å². The Morgan fingerprint density at radius 1 is 0.444 bits per heavy atom. The minimum Gasteiger partial charge on any atom is -0.870 e. The topological polar surface area (TPSA) is 292 Å². The van der Waals surface area contributed by atoms with Gasteiger partial charge in [-0.15, -0.1) is 0 Å². The number of benzene rings is 9. The number of fused-ring (bicyclic) bond motifs is 3. The largest absolute Gasteiger partial charge is 1.00 e. The van der Waals surface area contributed by atoms with Gasteiger partial charge in [-0.05, 0) is 176 Å². The second-order valence-electron chi connectivity index (χ2n) is 24.7. The summed E-state index contributed by atoms with van der Waals surface area (Å²) in [5, 5.41) is 21.6. The van der Waals surface area contributed by atoms with Crippen molar-refractivity contribution in [3.63, 3.8) is 0 Å². The van der Waals surface area contributed by atoms with Gasteiger partial charge in [-0.3, -0.25) is 19.2 Å². The zero-order chi connectivity index (χ0) is 75.5. The summed E-state index contributed by atoms with van der Waals surface area (Å²) in [6.45, 7) is 10.4. The number of carboxylic acid groups (broad SMARTS) is 1. The minimum atomic E-state index is -4.64. The van der Waals surface area contributed by atoms with Gasteiger partial charge < -0.3 is 74.9 Å². The van der Waals surface area contributed by atoms with Crippen molar-refractivity contribution < 1.29 is 98.7 Å². The summed E-state index contributed by atoms with van der Waals surface area (Å²) in [5.41, 5.74) is 29.1. The Morgan fingerprint density at radius 2 is 0.759 bits per heavy atom. The van der Waals surface area contributed by atoms with Crippen LogP contribution >= 0.6 is 0 Å². The molecule has 0 radical (unpaired) electrons. The van der Waals surface area contributed by atoms with E-state index in [0.717, 1.165) is 129 Å². The molecule has 0 atom stereocenters. The Balaban J connectivity index is 0.000000215. The summed E-state index contributed by atoms with van der Waals surface area (Å²) in [7, 11) is 5.68. The molecule has 0 unspecified atom stereocenters.